The fourth-order valence-electron chi connectivity index (χ4n) is 4.16. The molecule has 0 spiro atoms. The van der Waals surface area contributed by atoms with Gasteiger partial charge in [-0.3, -0.25) is 0 Å². The van der Waals surface area contributed by atoms with Gasteiger partial charge in [-0.05, 0) is 47.2 Å². The standard InChI is InChI=1S/C32H29F3O/c1-3-4-5-6-22-7-14-25(15-8-22)29-19-17-26(31(34)32(29)35)16-11-23-9-12-24(13-10-23)28-20-18-27(36-2)21-30(28)33/h7-21H,3-6H2,1-2H3. The van der Waals surface area contributed by atoms with Gasteiger partial charge in [-0.25, -0.2) is 13.2 Å². The second-order valence-electron chi connectivity index (χ2n) is 8.79. The van der Waals surface area contributed by atoms with Crippen LogP contribution in [0.5, 0.6) is 5.75 Å². The maximum Gasteiger partial charge on any atom is 0.167 e. The highest BCUT2D eigenvalue weighted by Gasteiger charge is 2.13. The number of hydrogen-bond acceptors (Lipinski definition) is 1. The quantitative estimate of drug-likeness (QED) is 0.169. The molecular weight excluding hydrogens is 457 g/mol. The number of hydrogen-bond donors (Lipinski definition) is 0. The maximum atomic E-state index is 14.9. The zero-order valence-corrected chi connectivity index (χ0v) is 20.5. The summed E-state index contributed by atoms with van der Waals surface area (Å²) >= 11 is 0. The monoisotopic (exact) mass is 486 g/mol. The van der Waals surface area contributed by atoms with Gasteiger partial charge in [-0.2, -0.15) is 0 Å². The van der Waals surface area contributed by atoms with Crippen molar-refractivity contribution in [2.75, 3.05) is 7.11 Å². The molecule has 0 N–H and O–H groups in total. The molecule has 0 bridgehead atoms. The summed E-state index contributed by atoms with van der Waals surface area (Å²) in [6, 6.07) is 22.8. The molecule has 36 heavy (non-hydrogen) atoms. The molecule has 0 radical (unpaired) electrons. The minimum Gasteiger partial charge on any atom is -0.497 e. The van der Waals surface area contributed by atoms with E-state index in [4.69, 9.17) is 4.74 Å². The number of unbranched alkanes of at least 4 members (excludes halogenated alkanes) is 2. The Morgan fingerprint density at radius 1 is 0.694 bits per heavy atom. The van der Waals surface area contributed by atoms with Crippen LogP contribution in [0.2, 0.25) is 0 Å². The zero-order chi connectivity index (χ0) is 25.5. The van der Waals surface area contributed by atoms with E-state index in [1.165, 1.54) is 31.6 Å². The van der Waals surface area contributed by atoms with Crippen LogP contribution in [0.1, 0.15) is 42.9 Å². The molecular formula is C32H29F3O. The van der Waals surface area contributed by atoms with Crippen LogP contribution in [0, 0.1) is 17.5 Å². The highest BCUT2D eigenvalue weighted by Crippen LogP contribution is 2.29. The third-order valence-electron chi connectivity index (χ3n) is 6.30. The molecule has 0 aliphatic heterocycles. The first-order valence-electron chi connectivity index (χ1n) is 12.2. The Morgan fingerprint density at radius 3 is 2.03 bits per heavy atom. The number of benzene rings is 4. The van der Waals surface area contributed by atoms with E-state index in [-0.39, 0.29) is 16.9 Å². The second kappa shape index (κ2) is 11.8. The predicted octanol–water partition coefficient (Wildman–Crippen LogP) is 9.35. The number of rotatable bonds is 9. The van der Waals surface area contributed by atoms with Crippen LogP contribution in [-0.2, 0) is 6.42 Å². The highest BCUT2D eigenvalue weighted by atomic mass is 19.2. The summed E-state index contributed by atoms with van der Waals surface area (Å²) in [4.78, 5) is 0. The van der Waals surface area contributed by atoms with E-state index in [0.717, 1.165) is 18.4 Å². The minimum absolute atomic E-state index is 0.165. The summed E-state index contributed by atoms with van der Waals surface area (Å²) in [6.07, 6.45) is 7.71. The van der Waals surface area contributed by atoms with E-state index < -0.39 is 11.6 Å². The topological polar surface area (TPSA) is 9.23 Å². The third kappa shape index (κ3) is 5.88. The van der Waals surface area contributed by atoms with Gasteiger partial charge >= 0.3 is 0 Å². The van der Waals surface area contributed by atoms with E-state index in [0.29, 0.717) is 22.4 Å². The molecule has 0 unspecified atom stereocenters. The Balaban J connectivity index is 1.48. The average molecular weight is 487 g/mol. The number of halogens is 3. The molecule has 0 fully saturated rings. The molecule has 0 saturated carbocycles. The van der Waals surface area contributed by atoms with Crippen LogP contribution in [0.15, 0.2) is 78.9 Å². The molecule has 4 aromatic carbocycles. The molecule has 1 nitrogen and oxygen atoms in total. The van der Waals surface area contributed by atoms with Crippen LogP contribution < -0.4 is 4.74 Å². The summed E-state index contributed by atoms with van der Waals surface area (Å²) in [5, 5.41) is 0. The van der Waals surface area contributed by atoms with Crippen molar-refractivity contribution in [2.45, 2.75) is 32.6 Å². The molecule has 0 saturated heterocycles. The van der Waals surface area contributed by atoms with E-state index in [1.54, 1.807) is 60.7 Å². The van der Waals surface area contributed by atoms with Crippen molar-refractivity contribution in [1.82, 2.24) is 0 Å². The molecule has 4 rings (SSSR count). The minimum atomic E-state index is -0.882. The summed E-state index contributed by atoms with van der Waals surface area (Å²) < 4.78 is 49.1. The molecule has 0 aromatic heterocycles. The summed E-state index contributed by atoms with van der Waals surface area (Å²) in [5.74, 6) is -1.66. The van der Waals surface area contributed by atoms with Gasteiger partial charge in [0, 0.05) is 22.8 Å². The third-order valence-corrected chi connectivity index (χ3v) is 6.30. The molecule has 0 heterocycles. The van der Waals surface area contributed by atoms with Crippen LogP contribution in [0.4, 0.5) is 13.2 Å². The lowest BCUT2D eigenvalue weighted by Crippen LogP contribution is -1.94. The summed E-state index contributed by atoms with van der Waals surface area (Å²) in [7, 11) is 1.49. The van der Waals surface area contributed by atoms with Gasteiger partial charge in [-0.1, -0.05) is 92.6 Å². The van der Waals surface area contributed by atoms with Gasteiger partial charge in [0.1, 0.15) is 11.6 Å². The summed E-state index contributed by atoms with van der Waals surface area (Å²) in [6.45, 7) is 2.17. The van der Waals surface area contributed by atoms with Crippen molar-refractivity contribution >= 4 is 12.2 Å². The van der Waals surface area contributed by atoms with Gasteiger partial charge in [-0.15, -0.1) is 0 Å². The first kappa shape index (κ1) is 25.3. The lowest BCUT2D eigenvalue weighted by Gasteiger charge is -2.08. The van der Waals surface area contributed by atoms with E-state index >= 15 is 0 Å². The van der Waals surface area contributed by atoms with Gasteiger partial charge in [0.2, 0.25) is 0 Å². The lowest BCUT2D eigenvalue weighted by molar-refractivity contribution is 0.411. The largest absolute Gasteiger partial charge is 0.497 e. The van der Waals surface area contributed by atoms with Crippen molar-refractivity contribution in [1.29, 1.82) is 0 Å². The molecule has 0 atom stereocenters. The van der Waals surface area contributed by atoms with Crippen molar-refractivity contribution in [3.05, 3.63) is 113 Å². The molecule has 0 aliphatic carbocycles. The van der Waals surface area contributed by atoms with Gasteiger partial charge in [0.25, 0.3) is 0 Å². The van der Waals surface area contributed by atoms with Crippen molar-refractivity contribution in [3.63, 3.8) is 0 Å². The average Bonchev–Trinajstić information content (AvgIpc) is 2.90. The fraction of sp³-hybridized carbons (Fsp3) is 0.188. The Labute approximate surface area is 210 Å². The van der Waals surface area contributed by atoms with E-state index in [1.807, 2.05) is 24.3 Å². The molecule has 0 aliphatic rings. The Hall–Kier alpha value is -3.79. The molecule has 4 aromatic rings. The number of ether oxygens (including phenoxy) is 1. The van der Waals surface area contributed by atoms with Crippen molar-refractivity contribution in [2.24, 2.45) is 0 Å². The van der Waals surface area contributed by atoms with Gasteiger partial charge in [0.05, 0.1) is 7.11 Å². The zero-order valence-electron chi connectivity index (χ0n) is 20.5. The van der Waals surface area contributed by atoms with Gasteiger partial charge < -0.3 is 4.74 Å². The second-order valence-corrected chi connectivity index (χ2v) is 8.79. The SMILES string of the molecule is CCCCCc1ccc(-c2ccc(C=Cc3ccc(-c4ccc(OC)cc4F)cc3)c(F)c2F)cc1. The Bertz CT molecular complexity index is 1340. The van der Waals surface area contributed by atoms with E-state index in [9.17, 15) is 13.2 Å². The fourth-order valence-corrected chi connectivity index (χ4v) is 4.16. The normalized spacial score (nSPS) is 11.2. The number of aryl methyl sites for hydroxylation is 1. The summed E-state index contributed by atoms with van der Waals surface area (Å²) in [5.41, 5.74) is 4.23. The first-order valence-corrected chi connectivity index (χ1v) is 12.2. The van der Waals surface area contributed by atoms with Crippen LogP contribution in [0.3, 0.4) is 0 Å². The highest BCUT2D eigenvalue weighted by molar-refractivity contribution is 5.74. The lowest BCUT2D eigenvalue weighted by atomic mass is 9.99. The van der Waals surface area contributed by atoms with E-state index in [2.05, 4.69) is 6.92 Å². The van der Waals surface area contributed by atoms with Crippen molar-refractivity contribution < 1.29 is 17.9 Å². The van der Waals surface area contributed by atoms with Crippen LogP contribution in [0.25, 0.3) is 34.4 Å². The predicted molar refractivity (Wildman–Crippen MR) is 142 cm³/mol. The van der Waals surface area contributed by atoms with Gasteiger partial charge in [0.15, 0.2) is 11.6 Å². The Kier molecular flexibility index (Phi) is 8.27. The Morgan fingerprint density at radius 2 is 1.36 bits per heavy atom. The maximum absolute atomic E-state index is 14.9. The van der Waals surface area contributed by atoms with Crippen molar-refractivity contribution in [3.8, 4) is 28.0 Å². The number of methoxy groups -OCH3 is 1. The van der Waals surface area contributed by atoms with Crippen LogP contribution in [-0.4, -0.2) is 7.11 Å². The molecule has 0 amide bonds. The van der Waals surface area contributed by atoms with Crippen LogP contribution >= 0.6 is 0 Å². The smallest absolute Gasteiger partial charge is 0.167 e. The first-order chi connectivity index (χ1) is 17.5. The molecule has 184 valence electrons. The molecule has 4 heteroatoms.